The summed E-state index contributed by atoms with van der Waals surface area (Å²) < 4.78 is 1.64. The van der Waals surface area contributed by atoms with Crippen molar-refractivity contribution in [2.24, 2.45) is 7.05 Å². The fourth-order valence-corrected chi connectivity index (χ4v) is 3.19. The summed E-state index contributed by atoms with van der Waals surface area (Å²) in [5.74, 6) is 1.05. The van der Waals surface area contributed by atoms with Crippen molar-refractivity contribution in [3.63, 3.8) is 0 Å². The molecule has 1 N–H and O–H groups in total. The number of hydrogen-bond donors (Lipinski definition) is 1. The maximum absolute atomic E-state index is 12.4. The summed E-state index contributed by atoms with van der Waals surface area (Å²) in [7, 11) is 1.82. The standard InChI is InChI=1S/C18H25N5O/c1-3-14-6-8-15(9-7-14)16-5-4-10-23(12-16)18(24)19-11-17-20-13-22(2)21-17/h6-9,13,16H,3-5,10-12H2,1-2H3,(H,19,24)/t16-/m1/s1. The fraction of sp³-hybridized carbons (Fsp3) is 0.500. The van der Waals surface area contributed by atoms with Crippen LogP contribution in [0.3, 0.4) is 0 Å². The number of aryl methyl sites for hydroxylation is 2. The number of benzene rings is 1. The predicted octanol–water partition coefficient (Wildman–Crippen LogP) is 2.47. The zero-order valence-corrected chi connectivity index (χ0v) is 14.4. The molecular formula is C18H25N5O. The Balaban J connectivity index is 1.56. The highest BCUT2D eigenvalue weighted by atomic mass is 16.2. The summed E-state index contributed by atoms with van der Waals surface area (Å²) >= 11 is 0. The van der Waals surface area contributed by atoms with Crippen LogP contribution in [0.15, 0.2) is 30.6 Å². The quantitative estimate of drug-likeness (QED) is 0.938. The molecule has 24 heavy (non-hydrogen) atoms. The predicted molar refractivity (Wildman–Crippen MR) is 92.6 cm³/mol. The number of carbonyl (C=O) groups excluding carboxylic acids is 1. The van der Waals surface area contributed by atoms with Gasteiger partial charge in [-0.1, -0.05) is 31.2 Å². The molecule has 2 aromatic rings. The Labute approximate surface area is 142 Å². The van der Waals surface area contributed by atoms with Crippen molar-refractivity contribution in [3.05, 3.63) is 47.5 Å². The van der Waals surface area contributed by atoms with Gasteiger partial charge in [0.25, 0.3) is 0 Å². The summed E-state index contributed by atoms with van der Waals surface area (Å²) in [4.78, 5) is 18.4. The minimum Gasteiger partial charge on any atom is -0.331 e. The van der Waals surface area contributed by atoms with E-state index in [-0.39, 0.29) is 6.03 Å². The third kappa shape index (κ3) is 3.93. The number of piperidine rings is 1. The number of nitrogens with zero attached hydrogens (tertiary/aromatic N) is 4. The molecule has 1 atom stereocenters. The molecule has 2 amide bonds. The normalized spacial score (nSPS) is 17.8. The zero-order valence-electron chi connectivity index (χ0n) is 14.4. The number of urea groups is 1. The monoisotopic (exact) mass is 327 g/mol. The minimum atomic E-state index is -0.0302. The van der Waals surface area contributed by atoms with Gasteiger partial charge in [-0.3, -0.25) is 4.68 Å². The molecule has 1 aliphatic rings. The summed E-state index contributed by atoms with van der Waals surface area (Å²) in [5, 5.41) is 7.10. The zero-order chi connectivity index (χ0) is 16.9. The molecule has 0 bridgehead atoms. The van der Waals surface area contributed by atoms with Crippen LogP contribution in [-0.4, -0.2) is 38.8 Å². The van der Waals surface area contributed by atoms with Crippen molar-refractivity contribution in [3.8, 4) is 0 Å². The number of hydrogen-bond acceptors (Lipinski definition) is 3. The Bertz CT molecular complexity index is 679. The lowest BCUT2D eigenvalue weighted by Gasteiger charge is -2.33. The first-order valence-corrected chi connectivity index (χ1v) is 8.62. The Kier molecular flexibility index (Phi) is 5.13. The molecule has 1 aliphatic heterocycles. The molecule has 0 spiro atoms. The number of rotatable bonds is 4. The summed E-state index contributed by atoms with van der Waals surface area (Å²) in [6, 6.07) is 8.78. The van der Waals surface area contributed by atoms with Crippen molar-refractivity contribution in [1.82, 2.24) is 25.0 Å². The number of aromatic nitrogens is 3. The van der Waals surface area contributed by atoms with E-state index in [2.05, 4.69) is 46.6 Å². The molecule has 0 unspecified atom stereocenters. The largest absolute Gasteiger partial charge is 0.331 e. The van der Waals surface area contributed by atoms with Gasteiger partial charge >= 0.3 is 6.03 Å². The van der Waals surface area contributed by atoms with Crippen LogP contribution >= 0.6 is 0 Å². The average molecular weight is 327 g/mol. The van der Waals surface area contributed by atoms with Crippen molar-refractivity contribution >= 4 is 6.03 Å². The SMILES string of the molecule is CCc1ccc([C@@H]2CCCN(C(=O)NCc3ncn(C)n3)C2)cc1. The van der Waals surface area contributed by atoms with E-state index < -0.39 is 0 Å². The molecule has 128 valence electrons. The van der Waals surface area contributed by atoms with E-state index in [1.807, 2.05) is 11.9 Å². The number of amides is 2. The number of likely N-dealkylation sites (tertiary alicyclic amines) is 1. The molecular weight excluding hydrogens is 302 g/mol. The van der Waals surface area contributed by atoms with Gasteiger partial charge in [-0.05, 0) is 30.4 Å². The molecule has 0 aliphatic carbocycles. The fourth-order valence-electron chi connectivity index (χ4n) is 3.19. The lowest BCUT2D eigenvalue weighted by molar-refractivity contribution is 0.179. The minimum absolute atomic E-state index is 0.0302. The Morgan fingerprint density at radius 1 is 1.33 bits per heavy atom. The van der Waals surface area contributed by atoms with Gasteiger partial charge in [0.1, 0.15) is 6.33 Å². The van der Waals surface area contributed by atoms with Crippen molar-refractivity contribution in [1.29, 1.82) is 0 Å². The van der Waals surface area contributed by atoms with Crippen LogP contribution in [0.5, 0.6) is 0 Å². The van der Waals surface area contributed by atoms with E-state index >= 15 is 0 Å². The van der Waals surface area contributed by atoms with E-state index in [0.29, 0.717) is 18.3 Å². The van der Waals surface area contributed by atoms with Gasteiger partial charge in [0.2, 0.25) is 0 Å². The van der Waals surface area contributed by atoms with Gasteiger partial charge in [-0.15, -0.1) is 0 Å². The molecule has 0 radical (unpaired) electrons. The molecule has 1 aromatic carbocycles. The first kappa shape index (κ1) is 16.5. The van der Waals surface area contributed by atoms with Crippen LogP contribution in [-0.2, 0) is 20.0 Å². The first-order chi connectivity index (χ1) is 11.7. The Morgan fingerprint density at radius 2 is 2.12 bits per heavy atom. The third-order valence-corrected chi connectivity index (χ3v) is 4.61. The van der Waals surface area contributed by atoms with Crippen LogP contribution < -0.4 is 5.32 Å². The molecule has 2 heterocycles. The van der Waals surface area contributed by atoms with E-state index in [1.165, 1.54) is 11.1 Å². The highest BCUT2D eigenvalue weighted by molar-refractivity contribution is 5.74. The van der Waals surface area contributed by atoms with Crippen LogP contribution in [0.4, 0.5) is 4.79 Å². The topological polar surface area (TPSA) is 63.1 Å². The van der Waals surface area contributed by atoms with Gasteiger partial charge in [-0.25, -0.2) is 9.78 Å². The second-order valence-corrected chi connectivity index (χ2v) is 6.37. The van der Waals surface area contributed by atoms with E-state index in [9.17, 15) is 4.79 Å². The number of carbonyl (C=O) groups is 1. The molecule has 1 saturated heterocycles. The highest BCUT2D eigenvalue weighted by Gasteiger charge is 2.24. The maximum Gasteiger partial charge on any atom is 0.317 e. The number of nitrogens with one attached hydrogen (secondary N) is 1. The van der Waals surface area contributed by atoms with E-state index in [4.69, 9.17) is 0 Å². The second kappa shape index (κ2) is 7.47. The van der Waals surface area contributed by atoms with Gasteiger partial charge < -0.3 is 10.2 Å². The van der Waals surface area contributed by atoms with Crippen LogP contribution in [0.2, 0.25) is 0 Å². The second-order valence-electron chi connectivity index (χ2n) is 6.37. The molecule has 6 heteroatoms. The smallest absolute Gasteiger partial charge is 0.317 e. The van der Waals surface area contributed by atoms with Crippen LogP contribution in [0, 0.1) is 0 Å². The summed E-state index contributed by atoms with van der Waals surface area (Å²) in [6.07, 6.45) is 4.87. The molecule has 0 saturated carbocycles. The average Bonchev–Trinajstić information content (AvgIpc) is 3.05. The third-order valence-electron chi connectivity index (χ3n) is 4.61. The molecule has 6 nitrogen and oxygen atoms in total. The van der Waals surface area contributed by atoms with Gasteiger partial charge in [0.05, 0.1) is 6.54 Å². The maximum atomic E-state index is 12.4. The van der Waals surface area contributed by atoms with Crippen LogP contribution in [0.25, 0.3) is 0 Å². The molecule has 3 rings (SSSR count). The lowest BCUT2D eigenvalue weighted by Crippen LogP contribution is -2.44. The van der Waals surface area contributed by atoms with Gasteiger partial charge in [-0.2, -0.15) is 5.10 Å². The highest BCUT2D eigenvalue weighted by Crippen LogP contribution is 2.27. The molecule has 1 aromatic heterocycles. The van der Waals surface area contributed by atoms with Crippen molar-refractivity contribution < 1.29 is 4.79 Å². The summed E-state index contributed by atoms with van der Waals surface area (Å²) in [5.41, 5.74) is 2.68. The first-order valence-electron chi connectivity index (χ1n) is 8.62. The Hall–Kier alpha value is -2.37. The molecule has 1 fully saturated rings. The van der Waals surface area contributed by atoms with Gasteiger partial charge in [0.15, 0.2) is 5.82 Å². The lowest BCUT2D eigenvalue weighted by atomic mass is 9.90. The van der Waals surface area contributed by atoms with Crippen molar-refractivity contribution in [2.75, 3.05) is 13.1 Å². The van der Waals surface area contributed by atoms with E-state index in [1.54, 1.807) is 11.0 Å². The van der Waals surface area contributed by atoms with Crippen LogP contribution in [0.1, 0.15) is 42.6 Å². The summed E-state index contributed by atoms with van der Waals surface area (Å²) in [6.45, 7) is 4.11. The van der Waals surface area contributed by atoms with Crippen molar-refractivity contribution in [2.45, 2.75) is 38.6 Å². The Morgan fingerprint density at radius 3 is 2.79 bits per heavy atom. The van der Waals surface area contributed by atoms with Gasteiger partial charge in [0, 0.05) is 26.1 Å². The van der Waals surface area contributed by atoms with E-state index in [0.717, 1.165) is 32.4 Å².